The Hall–Kier alpha value is -1.52. The second kappa shape index (κ2) is 4.77. The number of carbonyl (C=O) groups excluding carboxylic acids is 1. The predicted molar refractivity (Wildman–Crippen MR) is 66.7 cm³/mol. The number of nitrogen functional groups attached to an aromatic ring is 1. The Bertz CT molecular complexity index is 420. The van der Waals surface area contributed by atoms with E-state index in [1.807, 2.05) is 6.92 Å². The summed E-state index contributed by atoms with van der Waals surface area (Å²) in [4.78, 5) is 12.0. The Kier molecular flexibility index (Phi) is 3.36. The van der Waals surface area contributed by atoms with Crippen molar-refractivity contribution in [1.82, 2.24) is 15.1 Å². The number of carbonyl (C=O) groups is 1. The molecule has 0 saturated heterocycles. The molecule has 1 saturated carbocycles. The summed E-state index contributed by atoms with van der Waals surface area (Å²) in [6.45, 7) is 2.71. The second-order valence-electron chi connectivity index (χ2n) is 4.67. The van der Waals surface area contributed by atoms with Crippen molar-refractivity contribution < 1.29 is 4.79 Å². The molecule has 1 heterocycles. The van der Waals surface area contributed by atoms with E-state index in [2.05, 4.69) is 10.4 Å². The number of amides is 1. The fourth-order valence-corrected chi connectivity index (χ4v) is 2.01. The molecule has 1 amide bonds. The van der Waals surface area contributed by atoms with Gasteiger partial charge in [-0.2, -0.15) is 5.10 Å². The van der Waals surface area contributed by atoms with Gasteiger partial charge in [0, 0.05) is 13.6 Å². The number of nitrogens with zero attached hydrogens (tertiary/aromatic N) is 2. The molecule has 3 N–H and O–H groups in total. The third-order valence-corrected chi connectivity index (χ3v) is 3.25. The van der Waals surface area contributed by atoms with Crippen LogP contribution in [0.1, 0.15) is 42.4 Å². The molecule has 0 spiro atoms. The van der Waals surface area contributed by atoms with E-state index in [0.29, 0.717) is 11.4 Å². The summed E-state index contributed by atoms with van der Waals surface area (Å²) < 4.78 is 1.57. The average Bonchev–Trinajstić information content (AvgIpc) is 3.05. The zero-order valence-electron chi connectivity index (χ0n) is 10.5. The van der Waals surface area contributed by atoms with E-state index in [4.69, 9.17) is 5.73 Å². The quantitative estimate of drug-likeness (QED) is 0.804. The van der Waals surface area contributed by atoms with Crippen LogP contribution in [0.2, 0.25) is 0 Å². The highest BCUT2D eigenvalue weighted by Gasteiger charge is 2.22. The van der Waals surface area contributed by atoms with E-state index in [9.17, 15) is 4.79 Å². The molecule has 1 aromatic heterocycles. The molecule has 0 aromatic carbocycles. The highest BCUT2D eigenvalue weighted by molar-refractivity contribution is 5.97. The largest absolute Gasteiger partial charge is 0.395 e. The smallest absolute Gasteiger partial charge is 0.271 e. The van der Waals surface area contributed by atoms with Crippen LogP contribution in [0, 0.1) is 5.92 Å². The Morgan fingerprint density at radius 1 is 1.59 bits per heavy atom. The monoisotopic (exact) mass is 236 g/mol. The van der Waals surface area contributed by atoms with Gasteiger partial charge in [0.25, 0.3) is 5.91 Å². The van der Waals surface area contributed by atoms with Crippen molar-refractivity contribution in [3.63, 3.8) is 0 Å². The molecule has 0 bridgehead atoms. The molecule has 0 aliphatic heterocycles. The number of hydrogen-bond acceptors (Lipinski definition) is 3. The lowest BCUT2D eigenvalue weighted by molar-refractivity contribution is 0.0944. The van der Waals surface area contributed by atoms with Gasteiger partial charge in [-0.3, -0.25) is 9.48 Å². The molecule has 17 heavy (non-hydrogen) atoms. The zero-order valence-corrected chi connectivity index (χ0v) is 10.5. The summed E-state index contributed by atoms with van der Waals surface area (Å²) >= 11 is 0. The summed E-state index contributed by atoms with van der Waals surface area (Å²) in [6, 6.07) is 0. The van der Waals surface area contributed by atoms with Gasteiger partial charge in [0.05, 0.1) is 11.4 Å². The molecule has 1 aliphatic carbocycles. The molecule has 0 radical (unpaired) electrons. The maximum atomic E-state index is 12.0. The molecular weight excluding hydrogens is 216 g/mol. The SMILES string of the molecule is CCc1nn(C)c(C(=O)NCCC2CC2)c1N. The van der Waals surface area contributed by atoms with Gasteiger partial charge in [-0.25, -0.2) is 0 Å². The highest BCUT2D eigenvalue weighted by atomic mass is 16.2. The van der Waals surface area contributed by atoms with Crippen molar-refractivity contribution in [3.05, 3.63) is 11.4 Å². The molecular formula is C12H20N4O. The predicted octanol–water partition coefficient (Wildman–Crippen LogP) is 1.09. The van der Waals surface area contributed by atoms with Gasteiger partial charge in [-0.1, -0.05) is 19.8 Å². The lowest BCUT2D eigenvalue weighted by Crippen LogP contribution is -2.27. The molecule has 0 atom stereocenters. The number of hydrogen-bond donors (Lipinski definition) is 2. The molecule has 2 rings (SSSR count). The Morgan fingerprint density at radius 3 is 2.82 bits per heavy atom. The van der Waals surface area contributed by atoms with Crippen LogP contribution in [0.4, 0.5) is 5.69 Å². The summed E-state index contributed by atoms with van der Waals surface area (Å²) in [5.74, 6) is 0.711. The number of rotatable bonds is 5. The van der Waals surface area contributed by atoms with E-state index >= 15 is 0 Å². The summed E-state index contributed by atoms with van der Waals surface area (Å²) in [5.41, 5.74) is 7.70. The van der Waals surface area contributed by atoms with Gasteiger partial charge < -0.3 is 11.1 Å². The van der Waals surface area contributed by atoms with Crippen LogP contribution in [-0.2, 0) is 13.5 Å². The molecule has 1 fully saturated rings. The Balaban J connectivity index is 1.99. The van der Waals surface area contributed by atoms with Crippen LogP contribution in [0.15, 0.2) is 0 Å². The van der Waals surface area contributed by atoms with Crippen molar-refractivity contribution >= 4 is 11.6 Å². The topological polar surface area (TPSA) is 72.9 Å². The van der Waals surface area contributed by atoms with Crippen LogP contribution in [0.5, 0.6) is 0 Å². The van der Waals surface area contributed by atoms with Gasteiger partial charge in [0.15, 0.2) is 0 Å². The van der Waals surface area contributed by atoms with Crippen molar-refractivity contribution in [2.24, 2.45) is 13.0 Å². The van der Waals surface area contributed by atoms with E-state index in [1.165, 1.54) is 12.8 Å². The van der Waals surface area contributed by atoms with Crippen molar-refractivity contribution in [3.8, 4) is 0 Å². The molecule has 5 nitrogen and oxygen atoms in total. The van der Waals surface area contributed by atoms with E-state index < -0.39 is 0 Å². The lowest BCUT2D eigenvalue weighted by atomic mass is 10.2. The number of anilines is 1. The van der Waals surface area contributed by atoms with Crippen molar-refractivity contribution in [2.75, 3.05) is 12.3 Å². The number of nitrogens with two attached hydrogens (primary N) is 1. The van der Waals surface area contributed by atoms with Crippen LogP contribution in [0.3, 0.4) is 0 Å². The molecule has 5 heteroatoms. The normalized spacial score (nSPS) is 14.9. The summed E-state index contributed by atoms with van der Waals surface area (Å²) in [5, 5.41) is 7.15. The fraction of sp³-hybridized carbons (Fsp3) is 0.667. The first-order valence-electron chi connectivity index (χ1n) is 6.23. The second-order valence-corrected chi connectivity index (χ2v) is 4.67. The van der Waals surface area contributed by atoms with Gasteiger partial charge in [0.2, 0.25) is 0 Å². The van der Waals surface area contributed by atoms with Gasteiger partial charge >= 0.3 is 0 Å². The Labute approximate surface area is 101 Å². The van der Waals surface area contributed by atoms with E-state index in [-0.39, 0.29) is 5.91 Å². The minimum absolute atomic E-state index is 0.113. The molecule has 0 unspecified atom stereocenters. The molecule has 1 aromatic rings. The standard InChI is InChI=1S/C12H20N4O/c1-3-9-10(13)11(16(2)15-9)12(17)14-7-6-8-4-5-8/h8H,3-7,13H2,1-2H3,(H,14,17). The minimum Gasteiger partial charge on any atom is -0.395 e. The number of aryl methyl sites for hydroxylation is 2. The summed E-state index contributed by atoms with van der Waals surface area (Å²) in [7, 11) is 1.76. The number of aromatic nitrogens is 2. The van der Waals surface area contributed by atoms with Crippen molar-refractivity contribution in [2.45, 2.75) is 32.6 Å². The average molecular weight is 236 g/mol. The van der Waals surface area contributed by atoms with Crippen LogP contribution >= 0.6 is 0 Å². The maximum Gasteiger partial charge on any atom is 0.271 e. The van der Waals surface area contributed by atoms with Crippen LogP contribution in [-0.4, -0.2) is 22.2 Å². The first-order chi connectivity index (χ1) is 8.13. The maximum absolute atomic E-state index is 12.0. The van der Waals surface area contributed by atoms with Gasteiger partial charge in [0.1, 0.15) is 5.69 Å². The molecule has 94 valence electrons. The molecule has 1 aliphatic rings. The first kappa shape index (κ1) is 12.0. The van der Waals surface area contributed by atoms with Crippen LogP contribution < -0.4 is 11.1 Å². The third-order valence-electron chi connectivity index (χ3n) is 3.25. The van der Waals surface area contributed by atoms with Gasteiger partial charge in [-0.15, -0.1) is 0 Å². The summed E-state index contributed by atoms with van der Waals surface area (Å²) in [6.07, 6.45) is 4.44. The van der Waals surface area contributed by atoms with Crippen molar-refractivity contribution in [1.29, 1.82) is 0 Å². The minimum atomic E-state index is -0.113. The number of nitrogens with one attached hydrogen (secondary N) is 1. The first-order valence-corrected chi connectivity index (χ1v) is 6.23. The fourth-order valence-electron chi connectivity index (χ4n) is 2.01. The van der Waals surface area contributed by atoms with Gasteiger partial charge in [-0.05, 0) is 18.8 Å². The van der Waals surface area contributed by atoms with E-state index in [1.54, 1.807) is 11.7 Å². The zero-order chi connectivity index (χ0) is 12.4. The van der Waals surface area contributed by atoms with Crippen LogP contribution in [0.25, 0.3) is 0 Å². The third kappa shape index (κ3) is 2.60. The highest BCUT2D eigenvalue weighted by Crippen LogP contribution is 2.31. The Morgan fingerprint density at radius 2 is 2.29 bits per heavy atom. The lowest BCUT2D eigenvalue weighted by Gasteiger charge is -2.05. The van der Waals surface area contributed by atoms with E-state index in [0.717, 1.165) is 31.0 Å².